The summed E-state index contributed by atoms with van der Waals surface area (Å²) >= 11 is 0. The summed E-state index contributed by atoms with van der Waals surface area (Å²) in [6, 6.07) is 81.6. The van der Waals surface area contributed by atoms with Gasteiger partial charge in [0.05, 0.1) is 22.1 Å². The van der Waals surface area contributed by atoms with Gasteiger partial charge in [0, 0.05) is 43.7 Å². The summed E-state index contributed by atoms with van der Waals surface area (Å²) < 4.78 is 11.6. The zero-order valence-electron chi connectivity index (χ0n) is 44.8. The maximum atomic E-state index is 6.72. The van der Waals surface area contributed by atoms with Gasteiger partial charge < -0.3 is 13.6 Å². The van der Waals surface area contributed by atoms with Gasteiger partial charge in [0.2, 0.25) is 0 Å². The van der Waals surface area contributed by atoms with E-state index < -0.39 is 0 Å². The number of rotatable bonds is 11. The SMILES string of the molecule is C=C.CC.CCCCCCCC.Cc1cc(-n2c3ccc(-c4ccccc4)cc3c3cc(-c4ccccc4)ccc32)cc2c1oc1ccc(-n3c4ccc(-c5ccccc5)cc4c4cc(-c5ccccc5)ccc43)cc12. The molecule has 0 fully saturated rings. The first-order valence-corrected chi connectivity index (χ1v) is 27.4. The number of hydrogen-bond donors (Lipinski definition) is 0. The van der Waals surface area contributed by atoms with Crippen molar-refractivity contribution < 1.29 is 4.42 Å². The van der Waals surface area contributed by atoms with E-state index in [0.717, 1.165) is 38.9 Å². The van der Waals surface area contributed by atoms with Crippen molar-refractivity contribution in [2.24, 2.45) is 0 Å². The smallest absolute Gasteiger partial charge is 0.138 e. The number of nitrogens with zero attached hydrogens (tertiary/aromatic N) is 2. The summed E-state index contributed by atoms with van der Waals surface area (Å²) in [6.07, 6.45) is 8.49. The molecule has 376 valence electrons. The van der Waals surface area contributed by atoms with Crippen LogP contribution >= 0.6 is 0 Å². The van der Waals surface area contributed by atoms with Crippen molar-refractivity contribution in [2.45, 2.75) is 73.1 Å². The van der Waals surface area contributed by atoms with E-state index in [1.54, 1.807) is 0 Å². The van der Waals surface area contributed by atoms with Crippen LogP contribution in [0.3, 0.4) is 0 Å². The summed E-state index contributed by atoms with van der Waals surface area (Å²) in [7, 11) is 0. The Morgan fingerprint density at radius 3 is 1.03 bits per heavy atom. The molecule has 0 bridgehead atoms. The van der Waals surface area contributed by atoms with Crippen molar-refractivity contribution in [2.75, 3.05) is 0 Å². The number of aromatic nitrogens is 2. The predicted molar refractivity (Wildman–Crippen MR) is 331 cm³/mol. The maximum absolute atomic E-state index is 6.72. The summed E-state index contributed by atoms with van der Waals surface area (Å²) in [5, 5.41) is 7.09. The molecule has 0 amide bonds. The molecule has 3 heteroatoms. The Labute approximate surface area is 449 Å². The molecule has 0 aliphatic rings. The first-order chi connectivity index (χ1) is 37.5. The number of unbranched alkanes of at least 4 members (excludes halogenated alkanes) is 5. The lowest BCUT2D eigenvalue weighted by Crippen LogP contribution is -1.95. The number of fused-ring (bicyclic) bond motifs is 9. The van der Waals surface area contributed by atoms with Crippen LogP contribution in [0, 0.1) is 6.92 Å². The minimum atomic E-state index is 0.875. The first kappa shape index (κ1) is 50.9. The third kappa shape index (κ3) is 9.89. The Kier molecular flexibility index (Phi) is 15.6. The molecule has 3 aromatic heterocycles. The van der Waals surface area contributed by atoms with E-state index in [0.29, 0.717) is 0 Å². The molecule has 0 unspecified atom stereocenters. The van der Waals surface area contributed by atoms with Crippen LogP contribution in [-0.2, 0) is 0 Å². The quantitative estimate of drug-likeness (QED) is 0.0935. The molecule has 76 heavy (non-hydrogen) atoms. The van der Waals surface area contributed by atoms with E-state index in [1.165, 1.54) is 127 Å². The van der Waals surface area contributed by atoms with E-state index in [2.05, 4.69) is 268 Å². The van der Waals surface area contributed by atoms with Gasteiger partial charge in [-0.1, -0.05) is 212 Å². The average Bonchev–Trinajstić information content (AvgIpc) is 4.22. The minimum Gasteiger partial charge on any atom is -0.456 e. The van der Waals surface area contributed by atoms with Crippen LogP contribution in [0.1, 0.15) is 71.8 Å². The molecule has 0 atom stereocenters. The van der Waals surface area contributed by atoms with Gasteiger partial charge in [0.1, 0.15) is 11.2 Å². The monoisotopic (exact) mass is 989 g/mol. The topological polar surface area (TPSA) is 23.0 Å². The second-order valence-electron chi connectivity index (χ2n) is 19.4. The summed E-state index contributed by atoms with van der Waals surface area (Å²) in [5.74, 6) is 0. The lowest BCUT2D eigenvalue weighted by Gasteiger charge is -2.11. The van der Waals surface area contributed by atoms with Gasteiger partial charge in [0.15, 0.2) is 0 Å². The molecule has 0 saturated heterocycles. The summed E-state index contributed by atoms with van der Waals surface area (Å²) in [4.78, 5) is 0. The average molecular weight is 989 g/mol. The highest BCUT2D eigenvalue weighted by Crippen LogP contribution is 2.42. The highest BCUT2D eigenvalue weighted by molar-refractivity contribution is 6.14. The molecule has 0 N–H and O–H groups in total. The van der Waals surface area contributed by atoms with E-state index >= 15 is 0 Å². The third-order valence-corrected chi connectivity index (χ3v) is 14.7. The minimum absolute atomic E-state index is 0.875. The van der Waals surface area contributed by atoms with Crippen LogP contribution in [0.2, 0.25) is 0 Å². The predicted octanol–water partition coefficient (Wildman–Crippen LogP) is 22.0. The molecule has 0 spiro atoms. The van der Waals surface area contributed by atoms with Gasteiger partial charge in [-0.25, -0.2) is 0 Å². The molecule has 0 radical (unpaired) electrons. The normalized spacial score (nSPS) is 11.1. The van der Waals surface area contributed by atoms with Gasteiger partial charge in [-0.05, 0) is 136 Å². The number of furan rings is 1. The molecule has 0 saturated carbocycles. The van der Waals surface area contributed by atoms with Crippen molar-refractivity contribution in [3.8, 4) is 55.9 Å². The van der Waals surface area contributed by atoms with Crippen molar-refractivity contribution in [3.05, 3.63) is 243 Å². The molecule has 0 aliphatic heterocycles. The van der Waals surface area contributed by atoms with Crippen LogP contribution in [0.4, 0.5) is 0 Å². The largest absolute Gasteiger partial charge is 0.456 e. The summed E-state index contributed by atoms with van der Waals surface area (Å²) in [5.41, 5.74) is 19.4. The fourth-order valence-corrected chi connectivity index (χ4v) is 11.0. The Bertz CT molecular complexity index is 3870. The molecule has 13 rings (SSSR count). The van der Waals surface area contributed by atoms with Crippen molar-refractivity contribution >= 4 is 65.6 Å². The number of aryl methyl sites for hydroxylation is 1. The van der Waals surface area contributed by atoms with E-state index in [-0.39, 0.29) is 0 Å². The molecule has 3 heterocycles. The van der Waals surface area contributed by atoms with E-state index in [9.17, 15) is 0 Å². The zero-order chi connectivity index (χ0) is 52.5. The van der Waals surface area contributed by atoms with Crippen LogP contribution in [0.15, 0.2) is 242 Å². The maximum Gasteiger partial charge on any atom is 0.138 e. The van der Waals surface area contributed by atoms with Crippen LogP contribution in [0.25, 0.3) is 121 Å². The zero-order valence-corrected chi connectivity index (χ0v) is 44.8. The van der Waals surface area contributed by atoms with Gasteiger partial charge in [0.25, 0.3) is 0 Å². The molecule has 10 aromatic carbocycles. The van der Waals surface area contributed by atoms with Gasteiger partial charge in [-0.2, -0.15) is 0 Å². The fraction of sp³-hybridized carbons (Fsp3) is 0.151. The lowest BCUT2D eigenvalue weighted by atomic mass is 10.0. The van der Waals surface area contributed by atoms with Gasteiger partial charge >= 0.3 is 0 Å². The highest BCUT2D eigenvalue weighted by Gasteiger charge is 2.20. The fourth-order valence-electron chi connectivity index (χ4n) is 11.0. The molecule has 0 aliphatic carbocycles. The van der Waals surface area contributed by atoms with Crippen LogP contribution < -0.4 is 0 Å². The van der Waals surface area contributed by atoms with Gasteiger partial charge in [-0.15, -0.1) is 13.2 Å². The molecule has 13 aromatic rings. The Hall–Kier alpha value is -8.66. The number of hydrogen-bond acceptors (Lipinski definition) is 1. The molecular formula is C73H68N2O. The van der Waals surface area contributed by atoms with E-state index in [4.69, 9.17) is 4.42 Å². The standard InChI is InChI=1S/C61H40N2O.C8H18.C2H6.C2H4/c1-39-32-49(63-58-29-24-46(42-18-10-4-11-19-42)35-52(58)53-36-47(25-30-59(53)63)43-20-12-5-13-21-43)38-55-54-37-48(26-31-60(54)64-61(39)55)62-56-27-22-44(40-14-6-2-7-15-40)33-50(56)51-34-45(23-28-57(51)62)41-16-8-3-9-17-41;1-3-5-7-8-6-4-2;2*1-2/h2-38H,1H3;3-8H2,1-2H3;1-2H3;1-2H2. The number of benzene rings is 10. The van der Waals surface area contributed by atoms with E-state index in [1.807, 2.05) is 13.8 Å². The molecule has 3 nitrogen and oxygen atoms in total. The Morgan fingerprint density at radius 1 is 0.329 bits per heavy atom. The first-order valence-electron chi connectivity index (χ1n) is 27.4. The second-order valence-corrected chi connectivity index (χ2v) is 19.4. The Morgan fingerprint density at radius 2 is 0.671 bits per heavy atom. The third-order valence-electron chi connectivity index (χ3n) is 14.7. The summed E-state index contributed by atoms with van der Waals surface area (Å²) in [6.45, 7) is 16.7. The van der Waals surface area contributed by atoms with Crippen molar-refractivity contribution in [3.63, 3.8) is 0 Å². The van der Waals surface area contributed by atoms with Gasteiger partial charge in [-0.3, -0.25) is 0 Å². The lowest BCUT2D eigenvalue weighted by molar-refractivity contribution is 0.624. The van der Waals surface area contributed by atoms with Crippen molar-refractivity contribution in [1.29, 1.82) is 0 Å². The van der Waals surface area contributed by atoms with Crippen LogP contribution in [0.5, 0.6) is 0 Å². The van der Waals surface area contributed by atoms with Crippen LogP contribution in [-0.4, -0.2) is 9.13 Å². The van der Waals surface area contributed by atoms with Crippen molar-refractivity contribution in [1.82, 2.24) is 9.13 Å². The Balaban J connectivity index is 0.000000499. The molecular weight excluding hydrogens is 921 g/mol. The highest BCUT2D eigenvalue weighted by atomic mass is 16.3. The second kappa shape index (κ2) is 23.3.